The maximum Gasteiger partial charge on any atom is 0.103 e. The van der Waals surface area contributed by atoms with Gasteiger partial charge in [0.15, 0.2) is 0 Å². The first kappa shape index (κ1) is 18.5. The second-order valence-electron chi connectivity index (χ2n) is 5.79. The highest BCUT2D eigenvalue weighted by Gasteiger charge is 2.19. The minimum Gasteiger partial charge on any atom is -0.232 e. The number of nitrogens with zero attached hydrogens (tertiary/aromatic N) is 2. The molecule has 4 heteroatoms. The Morgan fingerprint density at radius 1 is 0.731 bits per heavy atom. The molecule has 0 saturated heterocycles. The zero-order valence-electron chi connectivity index (χ0n) is 14.2. The Bertz CT molecular complexity index is 893. The number of hydrogen-bond donors (Lipinski definition) is 0. The predicted molar refractivity (Wildman–Crippen MR) is 119 cm³/mol. The van der Waals surface area contributed by atoms with Crippen molar-refractivity contribution in [3.8, 4) is 0 Å². The van der Waals surface area contributed by atoms with Crippen molar-refractivity contribution in [1.82, 2.24) is 0 Å². The number of para-hydroxylation sites is 1. The van der Waals surface area contributed by atoms with Crippen molar-refractivity contribution in [3.05, 3.63) is 108 Å². The van der Waals surface area contributed by atoms with Gasteiger partial charge in [0.25, 0.3) is 0 Å². The molecule has 0 spiro atoms. The van der Waals surface area contributed by atoms with E-state index in [1.807, 2.05) is 35.3 Å². The standard InChI is InChI=1S/C22H18N2S.BrH/c1-4-10-18(11-5-1)16-22-23-24(20-14-8-3-9-15-20)21(17-25-22)19-12-6-2-7-13-19;/h1-15,17H,16H2;1H. The lowest BCUT2D eigenvalue weighted by atomic mass is 10.1. The van der Waals surface area contributed by atoms with E-state index in [0.717, 1.165) is 22.8 Å². The fourth-order valence-corrected chi connectivity index (χ4v) is 3.64. The summed E-state index contributed by atoms with van der Waals surface area (Å²) in [5.74, 6) is 0. The van der Waals surface area contributed by atoms with Crippen molar-refractivity contribution < 1.29 is 0 Å². The molecule has 0 fully saturated rings. The molecule has 0 bridgehead atoms. The van der Waals surface area contributed by atoms with Crippen molar-refractivity contribution in [2.75, 3.05) is 5.01 Å². The first-order valence-corrected chi connectivity index (χ1v) is 9.17. The van der Waals surface area contributed by atoms with E-state index >= 15 is 0 Å². The zero-order valence-corrected chi connectivity index (χ0v) is 16.7. The molecule has 1 aliphatic rings. The smallest absolute Gasteiger partial charge is 0.103 e. The van der Waals surface area contributed by atoms with Crippen LogP contribution in [-0.2, 0) is 6.42 Å². The van der Waals surface area contributed by atoms with Crippen LogP contribution in [-0.4, -0.2) is 5.04 Å². The Hall–Kier alpha value is -2.30. The van der Waals surface area contributed by atoms with E-state index in [4.69, 9.17) is 5.10 Å². The fourth-order valence-electron chi connectivity index (χ4n) is 2.78. The molecule has 0 N–H and O–H groups in total. The molecular weight excluding hydrogens is 404 g/mol. The van der Waals surface area contributed by atoms with Crippen LogP contribution >= 0.6 is 28.7 Å². The third-order valence-electron chi connectivity index (χ3n) is 4.01. The average molecular weight is 423 g/mol. The van der Waals surface area contributed by atoms with Crippen LogP contribution in [0.1, 0.15) is 11.1 Å². The molecule has 0 unspecified atom stereocenters. The van der Waals surface area contributed by atoms with Crippen LogP contribution in [0.25, 0.3) is 5.70 Å². The van der Waals surface area contributed by atoms with E-state index < -0.39 is 0 Å². The van der Waals surface area contributed by atoms with Crippen LogP contribution in [0.3, 0.4) is 0 Å². The van der Waals surface area contributed by atoms with E-state index in [0.29, 0.717) is 0 Å². The van der Waals surface area contributed by atoms with E-state index in [-0.39, 0.29) is 17.0 Å². The third kappa shape index (κ3) is 4.26. The minimum absolute atomic E-state index is 0. The van der Waals surface area contributed by atoms with Gasteiger partial charge in [0, 0.05) is 17.4 Å². The first-order valence-electron chi connectivity index (χ1n) is 8.29. The molecule has 26 heavy (non-hydrogen) atoms. The van der Waals surface area contributed by atoms with Gasteiger partial charge in [-0.1, -0.05) is 90.6 Å². The van der Waals surface area contributed by atoms with E-state index in [9.17, 15) is 0 Å². The van der Waals surface area contributed by atoms with Crippen LogP contribution < -0.4 is 5.01 Å². The highest BCUT2D eigenvalue weighted by Crippen LogP contribution is 2.33. The average Bonchev–Trinajstić information content (AvgIpc) is 2.70. The molecule has 3 aromatic carbocycles. The number of hydrazone groups is 1. The van der Waals surface area contributed by atoms with Crippen LogP contribution in [0.4, 0.5) is 5.69 Å². The number of hydrogen-bond acceptors (Lipinski definition) is 3. The molecule has 3 aromatic rings. The summed E-state index contributed by atoms with van der Waals surface area (Å²) in [5, 5.41) is 10.3. The number of rotatable bonds is 4. The molecule has 0 radical (unpaired) electrons. The topological polar surface area (TPSA) is 15.6 Å². The summed E-state index contributed by atoms with van der Waals surface area (Å²) in [5.41, 5.74) is 4.62. The molecule has 0 aromatic heterocycles. The van der Waals surface area contributed by atoms with Crippen molar-refractivity contribution in [2.45, 2.75) is 6.42 Å². The summed E-state index contributed by atoms with van der Waals surface area (Å²) in [4.78, 5) is 0. The van der Waals surface area contributed by atoms with Crippen molar-refractivity contribution in [3.63, 3.8) is 0 Å². The van der Waals surface area contributed by atoms with Gasteiger partial charge >= 0.3 is 0 Å². The monoisotopic (exact) mass is 422 g/mol. The van der Waals surface area contributed by atoms with E-state index in [2.05, 4.69) is 66.1 Å². The lowest BCUT2D eigenvalue weighted by Crippen LogP contribution is -2.20. The summed E-state index contributed by atoms with van der Waals surface area (Å²) in [7, 11) is 0. The molecule has 0 aliphatic carbocycles. The second-order valence-corrected chi connectivity index (χ2v) is 6.73. The summed E-state index contributed by atoms with van der Waals surface area (Å²) >= 11 is 1.71. The van der Waals surface area contributed by atoms with E-state index in [1.165, 1.54) is 11.1 Å². The maximum atomic E-state index is 4.95. The van der Waals surface area contributed by atoms with Gasteiger partial charge in [-0.3, -0.25) is 0 Å². The molecule has 4 rings (SSSR count). The maximum absolute atomic E-state index is 4.95. The Morgan fingerprint density at radius 3 is 1.96 bits per heavy atom. The molecule has 0 atom stereocenters. The molecule has 1 heterocycles. The van der Waals surface area contributed by atoms with E-state index in [1.54, 1.807) is 11.8 Å². The lowest BCUT2D eigenvalue weighted by molar-refractivity contribution is 1.08. The lowest BCUT2D eigenvalue weighted by Gasteiger charge is -2.27. The molecule has 130 valence electrons. The SMILES string of the molecule is Br.C1=C(c2ccccc2)N(c2ccccc2)N=C(Cc2ccccc2)S1. The molecule has 2 nitrogen and oxygen atoms in total. The molecule has 0 amide bonds. The van der Waals surface area contributed by atoms with Gasteiger partial charge in [-0.25, -0.2) is 5.01 Å². The Labute approximate surface area is 169 Å². The number of anilines is 1. The third-order valence-corrected chi connectivity index (χ3v) is 4.85. The Balaban J connectivity index is 0.00000196. The number of halogens is 1. The van der Waals surface area contributed by atoms with Crippen molar-refractivity contribution >= 4 is 45.2 Å². The predicted octanol–water partition coefficient (Wildman–Crippen LogP) is 6.37. The summed E-state index contributed by atoms with van der Waals surface area (Å²) < 4.78 is 0. The highest BCUT2D eigenvalue weighted by atomic mass is 79.9. The summed E-state index contributed by atoms with van der Waals surface area (Å²) in [6.07, 6.45) is 0.841. The fraction of sp³-hybridized carbons (Fsp3) is 0.0455. The number of benzene rings is 3. The Morgan fingerprint density at radius 2 is 1.31 bits per heavy atom. The Kier molecular flexibility index (Phi) is 6.31. The van der Waals surface area contributed by atoms with Crippen LogP contribution in [0.5, 0.6) is 0 Å². The molecule has 0 saturated carbocycles. The van der Waals surface area contributed by atoms with Gasteiger partial charge in [0.2, 0.25) is 0 Å². The minimum atomic E-state index is 0. The van der Waals surface area contributed by atoms with Gasteiger partial charge in [-0.05, 0) is 17.7 Å². The van der Waals surface area contributed by atoms with Gasteiger partial charge < -0.3 is 0 Å². The summed E-state index contributed by atoms with van der Waals surface area (Å²) in [6.45, 7) is 0. The summed E-state index contributed by atoms with van der Waals surface area (Å²) in [6, 6.07) is 31.2. The van der Waals surface area contributed by atoms with Crippen LogP contribution in [0.2, 0.25) is 0 Å². The quantitative estimate of drug-likeness (QED) is 0.484. The van der Waals surface area contributed by atoms with Gasteiger partial charge in [0.1, 0.15) is 5.04 Å². The zero-order chi connectivity index (χ0) is 16.9. The van der Waals surface area contributed by atoms with Crippen LogP contribution in [0.15, 0.2) is 102 Å². The van der Waals surface area contributed by atoms with Gasteiger partial charge in [-0.2, -0.15) is 5.10 Å². The van der Waals surface area contributed by atoms with Gasteiger partial charge in [-0.15, -0.1) is 17.0 Å². The van der Waals surface area contributed by atoms with Crippen molar-refractivity contribution in [2.24, 2.45) is 5.10 Å². The van der Waals surface area contributed by atoms with Gasteiger partial charge in [0.05, 0.1) is 11.4 Å². The highest BCUT2D eigenvalue weighted by molar-refractivity contribution is 8.93. The first-order chi connectivity index (χ1) is 12.4. The number of thioether (sulfide) groups is 1. The second kappa shape index (κ2) is 8.88. The molecular formula is C22H19BrN2S. The molecule has 1 aliphatic heterocycles. The largest absolute Gasteiger partial charge is 0.232 e. The van der Waals surface area contributed by atoms with Crippen molar-refractivity contribution in [1.29, 1.82) is 0 Å². The van der Waals surface area contributed by atoms with Crippen LogP contribution in [0, 0.1) is 0 Å². The normalized spacial score (nSPS) is 13.5.